The van der Waals surface area contributed by atoms with Gasteiger partial charge < -0.3 is 10.0 Å². The molecule has 0 spiro atoms. The molecule has 0 aromatic rings. The summed E-state index contributed by atoms with van der Waals surface area (Å²) < 4.78 is 0. The molecular formula is C24H51NO. The lowest BCUT2D eigenvalue weighted by Gasteiger charge is -2.23. The number of rotatable bonds is 21. The van der Waals surface area contributed by atoms with Gasteiger partial charge in [0.25, 0.3) is 0 Å². The van der Waals surface area contributed by atoms with E-state index in [1.165, 1.54) is 122 Å². The van der Waals surface area contributed by atoms with Crippen molar-refractivity contribution in [2.75, 3.05) is 19.6 Å². The third-order valence-corrected chi connectivity index (χ3v) is 5.43. The van der Waals surface area contributed by atoms with Crippen LogP contribution in [-0.2, 0) is 0 Å². The number of aliphatic hydroxyl groups is 1. The van der Waals surface area contributed by atoms with Gasteiger partial charge in [0.05, 0.1) is 6.10 Å². The Morgan fingerprint density at radius 2 is 0.846 bits per heavy atom. The van der Waals surface area contributed by atoms with Gasteiger partial charge in [-0.1, -0.05) is 110 Å². The van der Waals surface area contributed by atoms with Crippen LogP contribution in [0.2, 0.25) is 0 Å². The standard InChI is InChI=1S/C24H51NO/c1-4-6-8-10-12-14-16-18-20-22-25(23-24(3)26)21-19-17-15-13-11-9-7-5-2/h24,26H,4-23H2,1-3H3. The maximum atomic E-state index is 9.75. The van der Waals surface area contributed by atoms with E-state index in [4.69, 9.17) is 0 Å². The molecule has 0 saturated heterocycles. The van der Waals surface area contributed by atoms with Crippen LogP contribution < -0.4 is 0 Å². The Morgan fingerprint density at radius 1 is 0.538 bits per heavy atom. The second kappa shape index (κ2) is 21.2. The smallest absolute Gasteiger partial charge is 0.0639 e. The van der Waals surface area contributed by atoms with Crippen LogP contribution in [0, 0.1) is 0 Å². The number of nitrogens with zero attached hydrogens (tertiary/aromatic N) is 1. The first-order valence-corrected chi connectivity index (χ1v) is 12.1. The predicted molar refractivity (Wildman–Crippen MR) is 118 cm³/mol. The number of unbranched alkanes of at least 4 members (excludes halogenated alkanes) is 15. The molecule has 158 valence electrons. The van der Waals surface area contributed by atoms with Crippen LogP contribution in [0.1, 0.15) is 130 Å². The molecule has 26 heavy (non-hydrogen) atoms. The predicted octanol–water partition coefficient (Wildman–Crippen LogP) is 7.34. The molecule has 0 radical (unpaired) electrons. The molecule has 0 fully saturated rings. The SMILES string of the molecule is CCCCCCCCCCCN(CCCCCCCCCC)CC(C)O. The fourth-order valence-electron chi connectivity index (χ4n) is 3.78. The zero-order chi connectivity index (χ0) is 19.3. The van der Waals surface area contributed by atoms with Crippen LogP contribution in [0.25, 0.3) is 0 Å². The molecule has 1 N–H and O–H groups in total. The Kier molecular flexibility index (Phi) is 21.2. The Hall–Kier alpha value is -0.0800. The Bertz CT molecular complexity index is 255. The summed E-state index contributed by atoms with van der Waals surface area (Å²) >= 11 is 0. The van der Waals surface area contributed by atoms with Gasteiger partial charge in [-0.25, -0.2) is 0 Å². The quantitative estimate of drug-likeness (QED) is 0.214. The molecule has 1 atom stereocenters. The minimum Gasteiger partial charge on any atom is -0.392 e. The van der Waals surface area contributed by atoms with Gasteiger partial charge in [-0.05, 0) is 32.9 Å². The summed E-state index contributed by atoms with van der Waals surface area (Å²) in [5, 5.41) is 9.75. The van der Waals surface area contributed by atoms with Gasteiger partial charge in [-0.3, -0.25) is 0 Å². The lowest BCUT2D eigenvalue weighted by atomic mass is 10.1. The molecular weight excluding hydrogens is 318 g/mol. The van der Waals surface area contributed by atoms with Crippen molar-refractivity contribution in [1.29, 1.82) is 0 Å². The molecule has 0 aromatic heterocycles. The molecule has 0 heterocycles. The normalized spacial score (nSPS) is 12.8. The summed E-state index contributed by atoms with van der Waals surface area (Å²) in [6, 6.07) is 0. The molecule has 0 aliphatic heterocycles. The maximum Gasteiger partial charge on any atom is 0.0639 e. The average molecular weight is 370 g/mol. The van der Waals surface area contributed by atoms with Crippen LogP contribution in [0.15, 0.2) is 0 Å². The van der Waals surface area contributed by atoms with Crippen molar-refractivity contribution in [3.05, 3.63) is 0 Å². The van der Waals surface area contributed by atoms with Crippen molar-refractivity contribution in [2.24, 2.45) is 0 Å². The van der Waals surface area contributed by atoms with Gasteiger partial charge in [0, 0.05) is 6.54 Å². The fraction of sp³-hybridized carbons (Fsp3) is 1.00. The maximum absolute atomic E-state index is 9.75. The van der Waals surface area contributed by atoms with Crippen LogP contribution in [0.3, 0.4) is 0 Å². The molecule has 0 bridgehead atoms. The molecule has 0 aromatic carbocycles. The molecule has 0 amide bonds. The fourth-order valence-corrected chi connectivity index (χ4v) is 3.78. The van der Waals surface area contributed by atoms with Crippen LogP contribution >= 0.6 is 0 Å². The number of hydrogen-bond donors (Lipinski definition) is 1. The van der Waals surface area contributed by atoms with Crippen molar-refractivity contribution < 1.29 is 5.11 Å². The third kappa shape index (κ3) is 20.2. The highest BCUT2D eigenvalue weighted by Gasteiger charge is 2.07. The van der Waals surface area contributed by atoms with Gasteiger partial charge in [0.1, 0.15) is 0 Å². The van der Waals surface area contributed by atoms with Gasteiger partial charge in [-0.2, -0.15) is 0 Å². The molecule has 0 saturated carbocycles. The van der Waals surface area contributed by atoms with Gasteiger partial charge >= 0.3 is 0 Å². The zero-order valence-electron chi connectivity index (χ0n) is 18.6. The zero-order valence-corrected chi connectivity index (χ0v) is 18.6. The van der Waals surface area contributed by atoms with Crippen LogP contribution in [-0.4, -0.2) is 35.7 Å². The van der Waals surface area contributed by atoms with E-state index in [-0.39, 0.29) is 6.10 Å². The number of aliphatic hydroxyl groups excluding tert-OH is 1. The monoisotopic (exact) mass is 369 g/mol. The van der Waals surface area contributed by atoms with E-state index in [2.05, 4.69) is 18.7 Å². The van der Waals surface area contributed by atoms with Crippen molar-refractivity contribution in [3.8, 4) is 0 Å². The van der Waals surface area contributed by atoms with E-state index in [1.54, 1.807) is 0 Å². The second-order valence-electron chi connectivity index (χ2n) is 8.45. The third-order valence-electron chi connectivity index (χ3n) is 5.43. The van der Waals surface area contributed by atoms with Crippen molar-refractivity contribution in [3.63, 3.8) is 0 Å². The molecule has 1 unspecified atom stereocenters. The van der Waals surface area contributed by atoms with Gasteiger partial charge in [0.2, 0.25) is 0 Å². The summed E-state index contributed by atoms with van der Waals surface area (Å²) in [6.07, 6.45) is 23.4. The van der Waals surface area contributed by atoms with Crippen molar-refractivity contribution in [2.45, 2.75) is 136 Å². The summed E-state index contributed by atoms with van der Waals surface area (Å²) in [5.74, 6) is 0. The highest BCUT2D eigenvalue weighted by Crippen LogP contribution is 2.12. The van der Waals surface area contributed by atoms with E-state index in [1.807, 2.05) is 6.92 Å². The second-order valence-corrected chi connectivity index (χ2v) is 8.45. The topological polar surface area (TPSA) is 23.5 Å². The Balaban J connectivity index is 3.57. The molecule has 0 rings (SSSR count). The minimum atomic E-state index is -0.192. The summed E-state index contributed by atoms with van der Waals surface area (Å²) in [6.45, 7) is 9.70. The van der Waals surface area contributed by atoms with E-state index in [0.717, 1.165) is 6.54 Å². The molecule has 0 aliphatic carbocycles. The average Bonchev–Trinajstić information content (AvgIpc) is 2.61. The first kappa shape index (κ1) is 25.9. The summed E-state index contributed by atoms with van der Waals surface area (Å²) in [4.78, 5) is 2.50. The first-order chi connectivity index (χ1) is 12.7. The molecule has 2 heteroatoms. The Morgan fingerprint density at radius 3 is 1.15 bits per heavy atom. The lowest BCUT2D eigenvalue weighted by Crippen LogP contribution is -2.32. The van der Waals surface area contributed by atoms with Crippen molar-refractivity contribution in [1.82, 2.24) is 4.90 Å². The first-order valence-electron chi connectivity index (χ1n) is 12.1. The number of hydrogen-bond acceptors (Lipinski definition) is 2. The lowest BCUT2D eigenvalue weighted by molar-refractivity contribution is 0.123. The highest BCUT2D eigenvalue weighted by atomic mass is 16.3. The van der Waals surface area contributed by atoms with E-state index in [9.17, 15) is 5.11 Å². The van der Waals surface area contributed by atoms with E-state index >= 15 is 0 Å². The van der Waals surface area contributed by atoms with Crippen LogP contribution in [0.4, 0.5) is 0 Å². The van der Waals surface area contributed by atoms with Crippen LogP contribution in [0.5, 0.6) is 0 Å². The summed E-state index contributed by atoms with van der Waals surface area (Å²) in [5.41, 5.74) is 0. The largest absolute Gasteiger partial charge is 0.392 e. The van der Waals surface area contributed by atoms with Crippen molar-refractivity contribution >= 4 is 0 Å². The van der Waals surface area contributed by atoms with Gasteiger partial charge in [0.15, 0.2) is 0 Å². The molecule has 2 nitrogen and oxygen atoms in total. The summed E-state index contributed by atoms with van der Waals surface area (Å²) in [7, 11) is 0. The Labute approximate surface area is 166 Å². The van der Waals surface area contributed by atoms with E-state index < -0.39 is 0 Å². The highest BCUT2D eigenvalue weighted by molar-refractivity contribution is 4.62. The minimum absolute atomic E-state index is 0.192. The van der Waals surface area contributed by atoms with Gasteiger partial charge in [-0.15, -0.1) is 0 Å². The molecule has 0 aliphatic rings. The van der Waals surface area contributed by atoms with E-state index in [0.29, 0.717) is 0 Å².